The van der Waals surface area contributed by atoms with Crippen molar-refractivity contribution in [2.75, 3.05) is 6.54 Å². The lowest BCUT2D eigenvalue weighted by atomic mass is 9.90. The summed E-state index contributed by atoms with van der Waals surface area (Å²) >= 11 is 0. The number of hydrogen-bond donors (Lipinski definition) is 2. The van der Waals surface area contributed by atoms with Gasteiger partial charge in [-0.1, -0.05) is 18.2 Å². The van der Waals surface area contributed by atoms with E-state index >= 15 is 0 Å². The third kappa shape index (κ3) is 3.25. The van der Waals surface area contributed by atoms with Crippen LogP contribution in [0.25, 0.3) is 11.0 Å². The fourth-order valence-electron chi connectivity index (χ4n) is 3.08. The number of carbonyl (C=O) groups excluding carboxylic acids is 1. The highest BCUT2D eigenvalue weighted by Crippen LogP contribution is 2.37. The van der Waals surface area contributed by atoms with Crippen LogP contribution in [0.4, 0.5) is 0 Å². The fraction of sp³-hybridized carbons (Fsp3) is 0.444. The highest BCUT2D eigenvalue weighted by molar-refractivity contribution is 5.88. The summed E-state index contributed by atoms with van der Waals surface area (Å²) in [6, 6.07) is 6.24. The minimum atomic E-state index is -1.04. The maximum absolute atomic E-state index is 12.2. The van der Waals surface area contributed by atoms with Crippen molar-refractivity contribution in [3.63, 3.8) is 0 Å². The molecule has 25 heavy (non-hydrogen) atoms. The van der Waals surface area contributed by atoms with Crippen LogP contribution in [0.1, 0.15) is 32.4 Å². The predicted molar refractivity (Wildman–Crippen MR) is 90.6 cm³/mol. The van der Waals surface area contributed by atoms with Crippen molar-refractivity contribution in [1.82, 2.24) is 4.90 Å². The second kappa shape index (κ2) is 6.16. The van der Waals surface area contributed by atoms with Gasteiger partial charge in [0.05, 0.1) is 18.3 Å². The number of fused-ring (bicyclic) bond motifs is 1. The molecule has 0 saturated carbocycles. The van der Waals surface area contributed by atoms with Gasteiger partial charge in [0.25, 0.3) is 0 Å². The zero-order valence-corrected chi connectivity index (χ0v) is 14.4. The van der Waals surface area contributed by atoms with Gasteiger partial charge in [0, 0.05) is 17.5 Å². The van der Waals surface area contributed by atoms with E-state index in [1.165, 1.54) is 6.26 Å². The number of aliphatic carboxylic acids is 1. The smallest absolute Gasteiger partial charge is 0.325 e. The monoisotopic (exact) mass is 346 g/mol. The molecule has 1 aromatic heterocycles. The van der Waals surface area contributed by atoms with E-state index in [0.717, 1.165) is 5.39 Å². The number of rotatable bonds is 4. The Morgan fingerprint density at radius 2 is 2.04 bits per heavy atom. The molecule has 2 heterocycles. The van der Waals surface area contributed by atoms with Crippen LogP contribution in [0, 0.1) is 5.92 Å². The van der Waals surface area contributed by atoms with Gasteiger partial charge in [0.1, 0.15) is 17.2 Å². The Labute approximate surface area is 145 Å². The molecule has 1 aliphatic rings. The van der Waals surface area contributed by atoms with Crippen LogP contribution >= 0.6 is 0 Å². The van der Waals surface area contributed by atoms with Crippen molar-refractivity contribution < 1.29 is 23.8 Å². The average Bonchev–Trinajstić information content (AvgIpc) is 2.92. The highest BCUT2D eigenvalue weighted by Gasteiger charge is 2.49. The summed E-state index contributed by atoms with van der Waals surface area (Å²) in [4.78, 5) is 25.6. The zero-order chi connectivity index (χ0) is 18.4. The molecule has 3 N–H and O–H groups in total. The minimum Gasteiger partial charge on any atom is -0.480 e. The first-order chi connectivity index (χ1) is 11.7. The van der Waals surface area contributed by atoms with Gasteiger partial charge in [-0.05, 0) is 26.8 Å². The largest absolute Gasteiger partial charge is 0.480 e. The highest BCUT2D eigenvalue weighted by atomic mass is 16.6. The van der Waals surface area contributed by atoms with Gasteiger partial charge in [0.2, 0.25) is 0 Å². The summed E-state index contributed by atoms with van der Waals surface area (Å²) in [6.45, 7) is 5.58. The molecule has 0 radical (unpaired) electrons. The molecule has 1 aliphatic heterocycles. The first-order valence-corrected chi connectivity index (χ1v) is 8.12. The molecule has 0 amide bonds. The summed E-state index contributed by atoms with van der Waals surface area (Å²) in [7, 11) is 0. The van der Waals surface area contributed by atoms with Crippen molar-refractivity contribution in [2.24, 2.45) is 11.7 Å². The maximum Gasteiger partial charge on any atom is 0.325 e. The Kier molecular flexibility index (Phi) is 4.30. The van der Waals surface area contributed by atoms with Gasteiger partial charge in [0.15, 0.2) is 0 Å². The molecule has 7 nitrogen and oxygen atoms in total. The summed E-state index contributed by atoms with van der Waals surface area (Å²) in [5.41, 5.74) is 6.64. The number of esters is 1. The maximum atomic E-state index is 12.2. The van der Waals surface area contributed by atoms with Crippen molar-refractivity contribution in [3.05, 3.63) is 36.1 Å². The normalized spacial score (nSPS) is 22.4. The summed E-state index contributed by atoms with van der Waals surface area (Å²) in [5.74, 6) is -1.98. The Morgan fingerprint density at radius 1 is 1.36 bits per heavy atom. The fourth-order valence-corrected chi connectivity index (χ4v) is 3.08. The molecule has 3 rings (SSSR count). The number of nitrogens with two attached hydrogens (primary N) is 1. The van der Waals surface area contributed by atoms with Gasteiger partial charge in [-0.25, -0.2) is 0 Å². The number of benzene rings is 1. The quantitative estimate of drug-likeness (QED) is 0.817. The molecular formula is C18H22N2O5. The minimum absolute atomic E-state index is 0.229. The van der Waals surface area contributed by atoms with E-state index in [4.69, 9.17) is 14.9 Å². The van der Waals surface area contributed by atoms with Crippen molar-refractivity contribution in [2.45, 2.75) is 38.6 Å². The molecule has 1 saturated heterocycles. The molecular weight excluding hydrogens is 324 g/mol. The number of nitrogens with zero attached hydrogens (tertiary/aromatic N) is 1. The van der Waals surface area contributed by atoms with E-state index in [1.807, 2.05) is 12.1 Å². The van der Waals surface area contributed by atoms with Crippen LogP contribution in [0.5, 0.6) is 0 Å². The number of hydrogen-bond acceptors (Lipinski definition) is 6. The molecule has 1 aromatic carbocycles. The van der Waals surface area contributed by atoms with E-state index in [2.05, 4.69) is 0 Å². The molecule has 3 atom stereocenters. The Bertz CT molecular complexity index is 807. The molecule has 1 fully saturated rings. The molecule has 0 bridgehead atoms. The van der Waals surface area contributed by atoms with Gasteiger partial charge in [-0.2, -0.15) is 0 Å². The second-order valence-electron chi connectivity index (χ2n) is 7.26. The van der Waals surface area contributed by atoms with Crippen LogP contribution in [-0.4, -0.2) is 40.3 Å². The Hall–Kier alpha value is -2.38. The number of carbonyl (C=O) groups is 2. The summed E-state index contributed by atoms with van der Waals surface area (Å²) in [5, 5.41) is 10.4. The van der Waals surface area contributed by atoms with Gasteiger partial charge in [-0.15, -0.1) is 0 Å². The first kappa shape index (κ1) is 17.4. The second-order valence-corrected chi connectivity index (χ2v) is 7.26. The molecule has 0 spiro atoms. The Balaban J connectivity index is 1.82. The van der Waals surface area contributed by atoms with E-state index in [1.54, 1.807) is 37.8 Å². The Morgan fingerprint density at radius 3 is 2.64 bits per heavy atom. The molecule has 3 unspecified atom stereocenters. The number of likely N-dealkylation sites (tertiary alicyclic amines) is 1. The topological polar surface area (TPSA) is 106 Å². The summed E-state index contributed by atoms with van der Waals surface area (Å²) < 4.78 is 10.8. The lowest BCUT2D eigenvalue weighted by Crippen LogP contribution is -2.66. The average molecular weight is 346 g/mol. The third-order valence-corrected chi connectivity index (χ3v) is 4.28. The number of furan rings is 1. The molecule has 7 heteroatoms. The van der Waals surface area contributed by atoms with E-state index < -0.39 is 35.7 Å². The van der Waals surface area contributed by atoms with E-state index in [-0.39, 0.29) is 6.54 Å². The van der Waals surface area contributed by atoms with Crippen LogP contribution in [0.15, 0.2) is 34.9 Å². The third-order valence-electron chi connectivity index (χ3n) is 4.28. The standard InChI is InChI=1S/C18H22N2O5/c1-18(2,3)25-17(23)11-8-20(15(11)19)14(16(21)22)12-9-24-13-7-5-4-6-10(12)13/h4-7,9,11,14-15H,8,19H2,1-3H3,(H,21,22). The first-order valence-electron chi connectivity index (χ1n) is 8.12. The van der Waals surface area contributed by atoms with Crippen molar-refractivity contribution >= 4 is 22.9 Å². The number of carboxylic acids is 1. The summed E-state index contributed by atoms with van der Waals surface area (Å²) in [6.07, 6.45) is 0.723. The van der Waals surface area contributed by atoms with E-state index in [9.17, 15) is 14.7 Å². The van der Waals surface area contributed by atoms with Crippen molar-refractivity contribution in [1.29, 1.82) is 0 Å². The van der Waals surface area contributed by atoms with Crippen LogP contribution in [0.3, 0.4) is 0 Å². The lowest BCUT2D eigenvalue weighted by Gasteiger charge is -2.47. The van der Waals surface area contributed by atoms with Crippen LogP contribution < -0.4 is 5.73 Å². The van der Waals surface area contributed by atoms with Crippen molar-refractivity contribution in [3.8, 4) is 0 Å². The zero-order valence-electron chi connectivity index (χ0n) is 14.4. The SMILES string of the molecule is CC(C)(C)OC(=O)C1CN(C(C(=O)O)c2coc3ccccc23)C1N. The number of para-hydroxylation sites is 1. The van der Waals surface area contributed by atoms with Crippen LogP contribution in [-0.2, 0) is 14.3 Å². The van der Waals surface area contributed by atoms with Gasteiger partial charge < -0.3 is 20.0 Å². The number of ether oxygens (including phenoxy) is 1. The molecule has 2 aromatic rings. The van der Waals surface area contributed by atoms with Crippen LogP contribution in [0.2, 0.25) is 0 Å². The molecule has 134 valence electrons. The lowest BCUT2D eigenvalue weighted by molar-refractivity contribution is -0.176. The molecule has 0 aliphatic carbocycles. The number of carboxylic acid groups (broad SMARTS) is 1. The van der Waals surface area contributed by atoms with Gasteiger partial charge >= 0.3 is 11.9 Å². The van der Waals surface area contributed by atoms with E-state index in [0.29, 0.717) is 11.1 Å². The predicted octanol–water partition coefficient (Wildman–Crippen LogP) is 2.12. The van der Waals surface area contributed by atoms with Gasteiger partial charge in [-0.3, -0.25) is 14.5 Å².